The lowest BCUT2D eigenvalue weighted by atomic mass is 9.83. The van der Waals surface area contributed by atoms with Crippen molar-refractivity contribution < 1.29 is 4.74 Å². The Kier molecular flexibility index (Phi) is 7.29. The average molecular weight is 617 g/mol. The number of hydrogen-bond acceptors (Lipinski definition) is 3. The fourth-order valence-corrected chi connectivity index (χ4v) is 11.7. The lowest BCUT2D eigenvalue weighted by molar-refractivity contribution is 0.483. The fourth-order valence-electron chi connectivity index (χ4n) is 6.77. The molecule has 0 radical (unpaired) electrons. The highest BCUT2D eigenvalue weighted by Crippen LogP contribution is 2.36. The van der Waals surface area contributed by atoms with E-state index >= 15 is 0 Å². The quantitative estimate of drug-likeness (QED) is 0.185. The van der Waals surface area contributed by atoms with Crippen molar-refractivity contribution in [3.05, 3.63) is 145 Å². The normalized spacial score (nSPS) is 13.6. The molecule has 0 saturated heterocycles. The van der Waals surface area contributed by atoms with E-state index in [0.717, 1.165) is 28.1 Å². The molecule has 0 fully saturated rings. The number of benzene rings is 4. The number of ether oxygens (including phenoxy) is 1. The number of hydrogen-bond donors (Lipinski definition) is 0. The Morgan fingerprint density at radius 2 is 1.11 bits per heavy atom. The lowest BCUT2D eigenvalue weighted by Crippen LogP contribution is -2.73. The molecule has 0 bridgehead atoms. The van der Waals surface area contributed by atoms with E-state index in [1.165, 1.54) is 37.8 Å². The second-order valence-electron chi connectivity index (χ2n) is 14.4. The minimum atomic E-state index is -2.80. The maximum absolute atomic E-state index is 6.60. The second kappa shape index (κ2) is 11.2. The van der Waals surface area contributed by atoms with Gasteiger partial charge in [0.15, 0.2) is 0 Å². The van der Waals surface area contributed by atoms with Crippen molar-refractivity contribution >= 4 is 29.0 Å². The van der Waals surface area contributed by atoms with Gasteiger partial charge in [-0.15, -0.1) is 0 Å². The SMILES string of the molecule is CC(C)(C)c1ccc2c(c1)-c1cc(C(C)(C)C)ccc1[Si]2(c1cccc(Oc2cccc(-c3ccccn3)c2)c1)c1ccccn1. The summed E-state index contributed by atoms with van der Waals surface area (Å²) in [5.74, 6) is 1.59. The van der Waals surface area contributed by atoms with Gasteiger partial charge in [-0.3, -0.25) is 9.97 Å². The van der Waals surface area contributed by atoms with Crippen LogP contribution in [0.3, 0.4) is 0 Å². The molecule has 0 unspecified atom stereocenters. The van der Waals surface area contributed by atoms with E-state index in [1.807, 2.05) is 48.8 Å². The third kappa shape index (κ3) is 5.17. The van der Waals surface area contributed by atoms with Gasteiger partial charge in [0.2, 0.25) is 8.07 Å². The molecule has 2 aromatic heterocycles. The molecule has 1 aliphatic rings. The Balaban J connectivity index is 1.44. The van der Waals surface area contributed by atoms with E-state index in [2.05, 4.69) is 131 Å². The lowest BCUT2D eigenvalue weighted by Gasteiger charge is -2.31. The zero-order chi connectivity index (χ0) is 32.1. The molecule has 7 rings (SSSR count). The van der Waals surface area contributed by atoms with Crippen molar-refractivity contribution in [3.8, 4) is 33.9 Å². The van der Waals surface area contributed by atoms with E-state index in [4.69, 9.17) is 9.72 Å². The molecular weight excluding hydrogens is 577 g/mol. The van der Waals surface area contributed by atoms with Gasteiger partial charge in [-0.25, -0.2) is 0 Å². The summed E-state index contributed by atoms with van der Waals surface area (Å²) in [6, 6.07) is 43.6. The fraction of sp³-hybridized carbons (Fsp3) is 0.190. The first-order chi connectivity index (χ1) is 22.0. The summed E-state index contributed by atoms with van der Waals surface area (Å²) in [6.45, 7) is 13.8. The Morgan fingerprint density at radius 3 is 1.67 bits per heavy atom. The standard InChI is InChI=1S/C42H40N2OSi/c1-41(2,3)30-19-21-38-35(26-30)36-27-31(42(4,5)6)20-22-39(36)46(38,40-18-8-10-24-44-40)34-16-12-15-33(28-34)45-32-14-11-13-29(25-32)37-17-7-9-23-43-37/h7-28H,1-6H3. The van der Waals surface area contributed by atoms with E-state index in [-0.39, 0.29) is 10.8 Å². The van der Waals surface area contributed by atoms with Crippen LogP contribution >= 0.6 is 0 Å². The smallest absolute Gasteiger partial charge is 0.203 e. The van der Waals surface area contributed by atoms with Crippen molar-refractivity contribution in [3.63, 3.8) is 0 Å². The van der Waals surface area contributed by atoms with Crippen molar-refractivity contribution in [1.29, 1.82) is 0 Å². The Bertz CT molecular complexity index is 1980. The molecule has 3 nitrogen and oxygen atoms in total. The van der Waals surface area contributed by atoms with Crippen LogP contribution in [0.2, 0.25) is 0 Å². The number of fused-ring (bicyclic) bond motifs is 3. The van der Waals surface area contributed by atoms with Crippen molar-refractivity contribution in [2.75, 3.05) is 0 Å². The topological polar surface area (TPSA) is 35.0 Å². The van der Waals surface area contributed by atoms with Gasteiger partial charge in [-0.2, -0.15) is 0 Å². The Labute approximate surface area is 274 Å². The molecule has 4 heteroatoms. The van der Waals surface area contributed by atoms with Crippen LogP contribution in [0, 0.1) is 0 Å². The highest BCUT2D eigenvalue weighted by molar-refractivity contribution is 7.21. The summed E-state index contributed by atoms with van der Waals surface area (Å²) in [4.78, 5) is 9.66. The van der Waals surface area contributed by atoms with Gasteiger partial charge in [0.05, 0.1) is 5.69 Å². The third-order valence-electron chi connectivity index (χ3n) is 9.22. The highest BCUT2D eigenvalue weighted by Gasteiger charge is 2.50. The van der Waals surface area contributed by atoms with Crippen LogP contribution in [-0.4, -0.2) is 18.0 Å². The molecule has 0 saturated carbocycles. The molecule has 0 N–H and O–H groups in total. The summed E-state index contributed by atoms with van der Waals surface area (Å²) in [5.41, 5.74) is 7.37. The van der Waals surface area contributed by atoms with Gasteiger partial charge >= 0.3 is 0 Å². The highest BCUT2D eigenvalue weighted by atomic mass is 28.3. The van der Waals surface area contributed by atoms with Crippen molar-refractivity contribution in [1.82, 2.24) is 9.97 Å². The van der Waals surface area contributed by atoms with Crippen LogP contribution in [0.15, 0.2) is 134 Å². The largest absolute Gasteiger partial charge is 0.457 e. The summed E-state index contributed by atoms with van der Waals surface area (Å²) in [7, 11) is -2.80. The molecular formula is C42H40N2OSi. The van der Waals surface area contributed by atoms with E-state index < -0.39 is 8.07 Å². The summed E-state index contributed by atoms with van der Waals surface area (Å²) in [6.07, 6.45) is 3.76. The summed E-state index contributed by atoms with van der Waals surface area (Å²) < 4.78 is 6.60. The average Bonchev–Trinajstić information content (AvgIpc) is 3.35. The molecule has 0 atom stereocenters. The van der Waals surface area contributed by atoms with E-state index in [1.54, 1.807) is 0 Å². The Morgan fingerprint density at radius 1 is 0.522 bits per heavy atom. The minimum Gasteiger partial charge on any atom is -0.457 e. The minimum absolute atomic E-state index is 0.0339. The zero-order valence-electron chi connectivity index (χ0n) is 27.5. The van der Waals surface area contributed by atoms with Crippen LogP contribution in [0.5, 0.6) is 11.5 Å². The first-order valence-corrected chi connectivity index (χ1v) is 18.1. The monoisotopic (exact) mass is 616 g/mol. The predicted molar refractivity (Wildman–Crippen MR) is 194 cm³/mol. The third-order valence-corrected chi connectivity index (χ3v) is 13.9. The maximum atomic E-state index is 6.60. The zero-order valence-corrected chi connectivity index (χ0v) is 28.5. The van der Waals surface area contributed by atoms with Crippen LogP contribution in [-0.2, 0) is 10.8 Å². The van der Waals surface area contributed by atoms with E-state index in [9.17, 15) is 0 Å². The molecule has 6 aromatic rings. The molecule has 4 aromatic carbocycles. The Hall–Kier alpha value is -4.80. The number of nitrogens with zero attached hydrogens (tertiary/aromatic N) is 2. The molecule has 0 amide bonds. The first kappa shape index (κ1) is 29.9. The molecule has 0 aliphatic carbocycles. The first-order valence-electron chi connectivity index (χ1n) is 16.1. The van der Waals surface area contributed by atoms with Gasteiger partial charge in [0.1, 0.15) is 11.5 Å². The van der Waals surface area contributed by atoms with Crippen LogP contribution in [0.25, 0.3) is 22.4 Å². The van der Waals surface area contributed by atoms with Crippen LogP contribution in [0.1, 0.15) is 52.7 Å². The molecule has 228 valence electrons. The second-order valence-corrected chi connectivity index (χ2v) is 18.0. The van der Waals surface area contributed by atoms with Gasteiger partial charge in [-0.1, -0.05) is 114 Å². The van der Waals surface area contributed by atoms with Crippen molar-refractivity contribution in [2.24, 2.45) is 0 Å². The van der Waals surface area contributed by atoms with Gasteiger partial charge in [0.25, 0.3) is 0 Å². The van der Waals surface area contributed by atoms with Crippen LogP contribution in [0.4, 0.5) is 0 Å². The van der Waals surface area contributed by atoms with Gasteiger partial charge in [-0.05, 0) is 97.2 Å². The number of aromatic nitrogens is 2. The van der Waals surface area contributed by atoms with E-state index in [0.29, 0.717) is 0 Å². The van der Waals surface area contributed by atoms with Crippen LogP contribution < -0.4 is 25.6 Å². The molecule has 0 spiro atoms. The van der Waals surface area contributed by atoms with Gasteiger partial charge in [0, 0.05) is 23.3 Å². The maximum Gasteiger partial charge on any atom is 0.203 e. The molecule has 46 heavy (non-hydrogen) atoms. The number of pyridine rings is 2. The molecule has 3 heterocycles. The number of rotatable bonds is 5. The molecule has 1 aliphatic heterocycles. The summed E-state index contributed by atoms with van der Waals surface area (Å²) in [5, 5.41) is 5.16. The van der Waals surface area contributed by atoms with Gasteiger partial charge < -0.3 is 4.74 Å². The van der Waals surface area contributed by atoms with Crippen molar-refractivity contribution in [2.45, 2.75) is 52.4 Å². The predicted octanol–water partition coefficient (Wildman–Crippen LogP) is 7.89. The summed E-state index contributed by atoms with van der Waals surface area (Å²) >= 11 is 0.